The van der Waals surface area contributed by atoms with E-state index in [0.29, 0.717) is 16.8 Å². The molecular weight excluding hydrogens is 412 g/mol. The molecule has 0 aliphatic heterocycles. The number of ether oxygens (including phenoxy) is 1. The third kappa shape index (κ3) is 5.24. The molecule has 0 radical (unpaired) electrons. The van der Waals surface area contributed by atoms with Crippen LogP contribution in [0.3, 0.4) is 0 Å². The van der Waals surface area contributed by atoms with Gasteiger partial charge in [0, 0.05) is 5.56 Å². The smallest absolute Gasteiger partial charge is 0.261 e. The highest BCUT2D eigenvalue weighted by Gasteiger charge is 2.19. The van der Waals surface area contributed by atoms with Crippen molar-refractivity contribution in [2.75, 3.05) is 11.8 Å². The van der Waals surface area contributed by atoms with Gasteiger partial charge in [0.2, 0.25) is 0 Å². The Balaban J connectivity index is 1.79. The molecule has 0 spiro atoms. The van der Waals surface area contributed by atoms with E-state index >= 15 is 0 Å². The van der Waals surface area contributed by atoms with E-state index in [1.54, 1.807) is 56.5 Å². The molecule has 3 aromatic rings. The first-order valence-electron chi connectivity index (χ1n) is 9.85. The molecule has 7 heteroatoms. The van der Waals surface area contributed by atoms with Crippen molar-refractivity contribution in [3.05, 3.63) is 89.0 Å². The first kappa shape index (κ1) is 22.4. The highest BCUT2D eigenvalue weighted by atomic mass is 32.2. The summed E-state index contributed by atoms with van der Waals surface area (Å²) in [5, 5.41) is 2.96. The fraction of sp³-hybridized carbons (Fsp3) is 0.208. The molecule has 31 heavy (non-hydrogen) atoms. The summed E-state index contributed by atoms with van der Waals surface area (Å²) in [6.07, 6.45) is 0. The van der Waals surface area contributed by atoms with E-state index in [4.69, 9.17) is 4.74 Å². The van der Waals surface area contributed by atoms with Gasteiger partial charge >= 0.3 is 0 Å². The predicted molar refractivity (Wildman–Crippen MR) is 122 cm³/mol. The summed E-state index contributed by atoms with van der Waals surface area (Å²) in [5.74, 6) is 0.462. The van der Waals surface area contributed by atoms with Crippen LogP contribution in [0.15, 0.2) is 71.6 Å². The van der Waals surface area contributed by atoms with Gasteiger partial charge in [-0.15, -0.1) is 0 Å². The van der Waals surface area contributed by atoms with Gasteiger partial charge in [-0.3, -0.25) is 9.52 Å². The van der Waals surface area contributed by atoms with Crippen LogP contribution >= 0.6 is 0 Å². The molecule has 0 saturated carbocycles. The first-order valence-corrected chi connectivity index (χ1v) is 11.3. The SMILES string of the molecule is COc1ccc(C(C)NC(=O)c2cccc(NS(=O)(=O)c3ccc(C)cc3)c2C)cc1. The Bertz CT molecular complexity index is 1170. The third-order valence-corrected chi connectivity index (χ3v) is 6.50. The highest BCUT2D eigenvalue weighted by Crippen LogP contribution is 2.24. The number of carbonyl (C=O) groups excluding carboxylic acids is 1. The van der Waals surface area contributed by atoms with Crippen LogP contribution in [0.5, 0.6) is 5.75 Å². The Morgan fingerprint density at radius 3 is 2.19 bits per heavy atom. The van der Waals surface area contributed by atoms with Gasteiger partial charge in [0.25, 0.3) is 15.9 Å². The minimum Gasteiger partial charge on any atom is -0.497 e. The molecule has 1 amide bonds. The quantitative estimate of drug-likeness (QED) is 0.564. The number of methoxy groups -OCH3 is 1. The highest BCUT2D eigenvalue weighted by molar-refractivity contribution is 7.92. The van der Waals surface area contributed by atoms with E-state index < -0.39 is 10.0 Å². The van der Waals surface area contributed by atoms with Gasteiger partial charge in [-0.1, -0.05) is 35.9 Å². The molecule has 0 aliphatic carbocycles. The maximum Gasteiger partial charge on any atom is 0.261 e. The molecule has 6 nitrogen and oxygen atoms in total. The lowest BCUT2D eigenvalue weighted by atomic mass is 10.0. The van der Waals surface area contributed by atoms with E-state index in [9.17, 15) is 13.2 Å². The molecule has 1 unspecified atom stereocenters. The summed E-state index contributed by atoms with van der Waals surface area (Å²) in [6, 6.07) is 18.8. The third-order valence-electron chi connectivity index (χ3n) is 5.12. The minimum atomic E-state index is -3.76. The van der Waals surface area contributed by atoms with Gasteiger partial charge in [-0.05, 0) is 68.3 Å². The van der Waals surface area contributed by atoms with Crippen molar-refractivity contribution in [1.29, 1.82) is 0 Å². The number of hydrogen-bond acceptors (Lipinski definition) is 4. The fourth-order valence-corrected chi connectivity index (χ4v) is 4.29. The largest absolute Gasteiger partial charge is 0.497 e. The average Bonchev–Trinajstić information content (AvgIpc) is 2.75. The molecule has 1 atom stereocenters. The van der Waals surface area contributed by atoms with Gasteiger partial charge in [0.1, 0.15) is 5.75 Å². The fourth-order valence-electron chi connectivity index (χ4n) is 3.16. The molecule has 2 N–H and O–H groups in total. The summed E-state index contributed by atoms with van der Waals surface area (Å²) in [6.45, 7) is 5.50. The van der Waals surface area contributed by atoms with E-state index in [1.165, 1.54) is 0 Å². The number of sulfonamides is 1. The Morgan fingerprint density at radius 1 is 0.935 bits per heavy atom. The van der Waals surface area contributed by atoms with Crippen LogP contribution in [-0.2, 0) is 10.0 Å². The van der Waals surface area contributed by atoms with E-state index in [2.05, 4.69) is 10.0 Å². The van der Waals surface area contributed by atoms with Crippen LogP contribution in [-0.4, -0.2) is 21.4 Å². The number of benzene rings is 3. The Hall–Kier alpha value is -3.32. The average molecular weight is 439 g/mol. The molecule has 0 fully saturated rings. The van der Waals surface area contributed by atoms with Crippen LogP contribution in [0, 0.1) is 13.8 Å². The van der Waals surface area contributed by atoms with Gasteiger partial charge in [-0.25, -0.2) is 8.42 Å². The molecule has 3 rings (SSSR count). The van der Waals surface area contributed by atoms with Crippen molar-refractivity contribution in [3.8, 4) is 5.75 Å². The van der Waals surface area contributed by atoms with Crippen LogP contribution in [0.2, 0.25) is 0 Å². The zero-order chi connectivity index (χ0) is 22.6. The van der Waals surface area contributed by atoms with Crippen molar-refractivity contribution in [2.45, 2.75) is 31.7 Å². The number of hydrogen-bond donors (Lipinski definition) is 2. The monoisotopic (exact) mass is 438 g/mol. The first-order chi connectivity index (χ1) is 14.7. The van der Waals surface area contributed by atoms with Gasteiger partial charge in [0.15, 0.2) is 0 Å². The number of rotatable bonds is 7. The summed E-state index contributed by atoms with van der Waals surface area (Å²) >= 11 is 0. The summed E-state index contributed by atoms with van der Waals surface area (Å²) < 4.78 is 33.2. The second kappa shape index (κ2) is 9.22. The minimum absolute atomic E-state index is 0.167. The summed E-state index contributed by atoms with van der Waals surface area (Å²) in [5.41, 5.74) is 3.23. The molecule has 3 aromatic carbocycles. The predicted octanol–water partition coefficient (Wildman–Crippen LogP) is 4.60. The molecule has 0 aliphatic rings. The Labute approximate surface area is 183 Å². The molecule has 0 bridgehead atoms. The molecule has 0 saturated heterocycles. The maximum atomic E-state index is 12.9. The van der Waals surface area contributed by atoms with Crippen molar-refractivity contribution in [1.82, 2.24) is 5.32 Å². The lowest BCUT2D eigenvalue weighted by Crippen LogP contribution is -2.27. The second-order valence-corrected chi connectivity index (χ2v) is 9.05. The normalized spacial score (nSPS) is 12.1. The Morgan fingerprint density at radius 2 is 1.58 bits per heavy atom. The van der Waals surface area contributed by atoms with E-state index in [0.717, 1.165) is 16.9 Å². The maximum absolute atomic E-state index is 12.9. The van der Waals surface area contributed by atoms with E-state index in [1.807, 2.05) is 38.1 Å². The number of nitrogens with one attached hydrogen (secondary N) is 2. The van der Waals surface area contributed by atoms with Crippen molar-refractivity contribution in [2.24, 2.45) is 0 Å². The summed E-state index contributed by atoms with van der Waals surface area (Å²) in [4.78, 5) is 13.1. The zero-order valence-electron chi connectivity index (χ0n) is 18.0. The number of carbonyl (C=O) groups is 1. The van der Waals surface area contributed by atoms with Crippen molar-refractivity contribution in [3.63, 3.8) is 0 Å². The van der Waals surface area contributed by atoms with Crippen LogP contribution in [0.1, 0.15) is 40.0 Å². The molecule has 0 heterocycles. The number of anilines is 1. The van der Waals surface area contributed by atoms with Gasteiger partial charge in [-0.2, -0.15) is 0 Å². The topological polar surface area (TPSA) is 84.5 Å². The molecule has 0 aromatic heterocycles. The Kier molecular flexibility index (Phi) is 6.65. The van der Waals surface area contributed by atoms with Crippen molar-refractivity contribution < 1.29 is 17.9 Å². The van der Waals surface area contributed by atoms with Crippen LogP contribution in [0.25, 0.3) is 0 Å². The second-order valence-electron chi connectivity index (χ2n) is 7.36. The molecule has 162 valence electrons. The summed E-state index contributed by atoms with van der Waals surface area (Å²) in [7, 11) is -2.16. The number of amides is 1. The number of aryl methyl sites for hydroxylation is 1. The van der Waals surface area contributed by atoms with Crippen molar-refractivity contribution >= 4 is 21.6 Å². The van der Waals surface area contributed by atoms with Crippen LogP contribution < -0.4 is 14.8 Å². The lowest BCUT2D eigenvalue weighted by molar-refractivity contribution is 0.0939. The van der Waals surface area contributed by atoms with Crippen LogP contribution in [0.4, 0.5) is 5.69 Å². The zero-order valence-corrected chi connectivity index (χ0v) is 18.8. The van der Waals surface area contributed by atoms with Gasteiger partial charge < -0.3 is 10.1 Å². The van der Waals surface area contributed by atoms with Gasteiger partial charge in [0.05, 0.1) is 23.7 Å². The standard InChI is InChI=1S/C24H26N2O4S/c1-16-8-14-21(15-9-16)31(28,29)26-23-7-5-6-22(17(23)2)24(27)25-18(3)19-10-12-20(30-4)13-11-19/h5-15,18,26H,1-4H3,(H,25,27). The molecular formula is C24H26N2O4S. The van der Waals surface area contributed by atoms with E-state index in [-0.39, 0.29) is 16.8 Å². The lowest BCUT2D eigenvalue weighted by Gasteiger charge is -2.17.